The van der Waals surface area contributed by atoms with Crippen molar-refractivity contribution in [1.82, 2.24) is 25.5 Å². The number of amides is 8. The van der Waals surface area contributed by atoms with Gasteiger partial charge in [0.05, 0.1) is 35.0 Å². The van der Waals surface area contributed by atoms with Crippen molar-refractivity contribution in [3.05, 3.63) is 63.9 Å². The standard InChI is InChI=1S/C67H97N14O16P/c1-32-23-43-44(24-33(32)2)81(31-76-43)61-56(90)57(45(95-61)30-94-62(91)74-22-20-34(3)82)97-98(92,93)96-35(4)29-75-53(89)19-21-64(9)41(25-50(71)86)60-67(12)66(11,28-52(73)88)40(15-18-49(70)85)55(80-67)37(6)59-65(10,27-51(72)87)38(13-16-47(68)83)42(77-59)26-46-63(7,8)39(14-17-48(69)84)54(78-46)36(5)58(64)79-60/h23-24,26,31,35,38-41,45,56-57,60-61,77,90H,13-22,25,27-30H2,1-12H3,(H2,68,83)(H2,69,84)(H2,70,85)(H2,71,86)(H2,72,87)(H2,73,88)(H,74,91)(H,75,89)(H,92,93)/b42-26-,54-36-,59-37-/t35-,38-,39-,40-,41+,45-,56-,57-,60-,61+,64-,65+,66+,67+/m1/s1. The summed E-state index contributed by atoms with van der Waals surface area (Å²) in [4.78, 5) is 151. The van der Waals surface area contributed by atoms with Crippen LogP contribution in [0.1, 0.15) is 164 Å². The molecule has 31 heteroatoms. The minimum Gasteiger partial charge on any atom is -0.447 e. The van der Waals surface area contributed by atoms with Crippen LogP contribution in [0.5, 0.6) is 0 Å². The molecule has 6 aliphatic heterocycles. The lowest BCUT2D eigenvalue weighted by Crippen LogP contribution is -2.56. The Balaban J connectivity index is 1.17. The van der Waals surface area contributed by atoms with Crippen LogP contribution in [0.2, 0.25) is 0 Å². The first kappa shape index (κ1) is 75.7. The first-order valence-electron chi connectivity index (χ1n) is 33.1. The monoisotopic (exact) mass is 1380 g/mol. The summed E-state index contributed by atoms with van der Waals surface area (Å²) in [5.41, 5.74) is 37.0. The summed E-state index contributed by atoms with van der Waals surface area (Å²) in [7, 11) is -5.21. The average Bonchev–Trinajstić information content (AvgIpc) is 1.53. The lowest BCUT2D eigenvalue weighted by molar-refractivity contribution is -0.124. The molecule has 2 saturated heterocycles. The van der Waals surface area contributed by atoms with Gasteiger partial charge in [-0.2, -0.15) is 0 Å². The van der Waals surface area contributed by atoms with E-state index >= 15 is 0 Å². The third-order valence-electron chi connectivity index (χ3n) is 21.5. The molecule has 536 valence electrons. The van der Waals surface area contributed by atoms with E-state index in [1.165, 1.54) is 24.7 Å². The quantitative estimate of drug-likeness (QED) is 0.0494. The zero-order valence-corrected chi connectivity index (χ0v) is 58.8. The molecule has 8 amide bonds. The largest absolute Gasteiger partial charge is 0.472 e. The number of aromatic nitrogens is 2. The number of hydrogen-bond acceptors (Lipinski definition) is 20. The van der Waals surface area contributed by atoms with Crippen molar-refractivity contribution in [3.8, 4) is 0 Å². The molecule has 0 spiro atoms. The van der Waals surface area contributed by atoms with E-state index in [1.807, 2.05) is 80.5 Å². The zero-order valence-electron chi connectivity index (χ0n) is 57.9. The number of nitrogens with zero attached hydrogens (tertiary/aromatic N) is 5. The summed E-state index contributed by atoms with van der Waals surface area (Å²) in [5.74, 6) is -7.56. The summed E-state index contributed by atoms with van der Waals surface area (Å²) >= 11 is 0. The molecule has 0 aliphatic carbocycles. The zero-order chi connectivity index (χ0) is 72.7. The van der Waals surface area contributed by atoms with Gasteiger partial charge in [-0.15, -0.1) is 0 Å². The Morgan fingerprint density at radius 1 is 0.776 bits per heavy atom. The normalized spacial score (nSPS) is 32.2. The number of fused-ring (bicyclic) bond motifs is 7. The third kappa shape index (κ3) is 15.4. The van der Waals surface area contributed by atoms with E-state index in [2.05, 4.69) is 20.9 Å². The van der Waals surface area contributed by atoms with E-state index in [-0.39, 0.29) is 95.9 Å². The minimum atomic E-state index is -5.21. The van der Waals surface area contributed by atoms with Gasteiger partial charge >= 0.3 is 13.9 Å². The predicted molar refractivity (Wildman–Crippen MR) is 361 cm³/mol. The van der Waals surface area contributed by atoms with E-state index in [4.69, 9.17) is 67.9 Å². The number of Topliss-reactive ketones (excluding diaryl/α,β-unsaturated/α-hetero) is 1. The SMILES string of the molecule is CC(=O)CCNC(=O)OC[C@H]1O[C@H](n2cnc3cc(C)c(C)cc32)[C@H](O)[C@@H]1OP(=O)(O)O[C@H](C)CNC(=O)CC[C@@]1(C)C2=N[C@H]([C@@H]1CC(N)=O)[C@]1(C)N=C(/C(C)=C3\N/C(=C\C4=NC(=C\2C)/[C@@H](CCC(N)=O)C4(C)C)[C@@H](CCC(N)=O)[C@]3(C)CC(N)=O)[C@@H](CCC(N)=O)[C@]1(C)CC(N)=O. The number of alkyl carbamates (subject to hydrolysis) is 1. The summed E-state index contributed by atoms with van der Waals surface area (Å²) in [6, 6.07) is 2.62. The number of aliphatic hydroxyl groups excluding tert-OH is 1. The second-order valence-corrected chi connectivity index (χ2v) is 30.2. The number of nitrogens with two attached hydrogens (primary N) is 6. The Kier molecular flexibility index (Phi) is 22.5. The average molecular weight is 1390 g/mol. The van der Waals surface area contributed by atoms with Crippen molar-refractivity contribution >= 4 is 89.2 Å². The van der Waals surface area contributed by atoms with Crippen molar-refractivity contribution in [2.24, 2.45) is 94.7 Å². The van der Waals surface area contributed by atoms with Gasteiger partial charge in [0.1, 0.15) is 30.7 Å². The molecule has 0 saturated carbocycles. The van der Waals surface area contributed by atoms with Crippen LogP contribution >= 0.6 is 7.82 Å². The van der Waals surface area contributed by atoms with Crippen LogP contribution in [-0.4, -0.2) is 146 Å². The van der Waals surface area contributed by atoms with E-state index in [9.17, 15) is 57.7 Å². The molecule has 8 bridgehead atoms. The number of allylic oxidation sites excluding steroid dienone is 6. The maximum absolute atomic E-state index is 14.5. The van der Waals surface area contributed by atoms with Crippen LogP contribution in [0.4, 0.5) is 4.79 Å². The fourth-order valence-electron chi connectivity index (χ4n) is 16.0. The molecule has 1 aromatic heterocycles. The van der Waals surface area contributed by atoms with Crippen molar-refractivity contribution in [2.75, 3.05) is 19.7 Å². The van der Waals surface area contributed by atoms with E-state index < -0.39 is 149 Å². The van der Waals surface area contributed by atoms with Gasteiger partial charge in [-0.25, -0.2) is 14.3 Å². The fourth-order valence-corrected chi connectivity index (χ4v) is 17.1. The minimum absolute atomic E-state index is 0.0299. The van der Waals surface area contributed by atoms with Gasteiger partial charge in [-0.1, -0.05) is 34.6 Å². The summed E-state index contributed by atoms with van der Waals surface area (Å²) in [6.07, 6.45) is -5.93. The number of aliphatic imine (C=N–C) groups is 3. The molecular formula is C67H97N14O16P. The highest BCUT2D eigenvalue weighted by Crippen LogP contribution is 2.63. The topological polar surface area (TPSA) is 495 Å². The number of ketones is 1. The molecule has 8 rings (SSSR count). The molecule has 15 atom stereocenters. The highest BCUT2D eigenvalue weighted by molar-refractivity contribution is 7.47. The van der Waals surface area contributed by atoms with Crippen LogP contribution in [0.25, 0.3) is 11.0 Å². The van der Waals surface area contributed by atoms with Crippen LogP contribution in [0.3, 0.4) is 0 Å². The van der Waals surface area contributed by atoms with Crippen LogP contribution in [-0.2, 0) is 61.4 Å². The van der Waals surface area contributed by atoms with Gasteiger partial charge in [-0.3, -0.25) is 62.4 Å². The number of primary amides is 6. The number of carbonyl (C=O) groups is 9. The smallest absolute Gasteiger partial charge is 0.447 e. The Bertz CT molecular complexity index is 3840. The van der Waals surface area contributed by atoms with Crippen LogP contribution in [0, 0.1) is 59.2 Å². The summed E-state index contributed by atoms with van der Waals surface area (Å²) in [6.45, 7) is 20.5. The third-order valence-corrected chi connectivity index (χ3v) is 22.7. The van der Waals surface area contributed by atoms with E-state index in [0.29, 0.717) is 56.4 Å². The maximum Gasteiger partial charge on any atom is 0.472 e. The summed E-state index contributed by atoms with van der Waals surface area (Å²) < 4.78 is 38.4. The second-order valence-electron chi connectivity index (χ2n) is 28.9. The van der Waals surface area contributed by atoms with Gasteiger partial charge in [0.15, 0.2) is 6.23 Å². The van der Waals surface area contributed by atoms with Crippen LogP contribution in [0.15, 0.2) is 67.8 Å². The molecule has 17 N–H and O–H groups in total. The highest BCUT2D eigenvalue weighted by atomic mass is 31.2. The molecular weight excluding hydrogens is 1290 g/mol. The lowest BCUT2D eigenvalue weighted by atomic mass is 9.55. The number of phosphoric acid groups is 1. The van der Waals surface area contributed by atoms with Crippen molar-refractivity contribution in [1.29, 1.82) is 0 Å². The van der Waals surface area contributed by atoms with Gasteiger partial charge in [0.2, 0.25) is 41.4 Å². The van der Waals surface area contributed by atoms with E-state index in [1.54, 1.807) is 6.92 Å². The van der Waals surface area contributed by atoms with Crippen molar-refractivity contribution in [2.45, 2.75) is 202 Å². The molecule has 0 radical (unpaired) electrons. The lowest BCUT2D eigenvalue weighted by Gasteiger charge is -2.48. The van der Waals surface area contributed by atoms with Crippen molar-refractivity contribution < 1.29 is 76.2 Å². The van der Waals surface area contributed by atoms with Gasteiger partial charge in [0, 0.05) is 144 Å². The van der Waals surface area contributed by atoms with Crippen LogP contribution < -0.4 is 50.4 Å². The number of aliphatic hydroxyl groups is 1. The molecule has 7 heterocycles. The number of benzene rings is 1. The Hall–Kier alpha value is -8.02. The molecule has 1 aromatic carbocycles. The highest BCUT2D eigenvalue weighted by Gasteiger charge is 2.66. The predicted octanol–water partition coefficient (Wildman–Crippen LogP) is 3.88. The van der Waals surface area contributed by atoms with Gasteiger partial charge < -0.3 is 74.4 Å². The summed E-state index contributed by atoms with van der Waals surface area (Å²) in [5, 5.41) is 20.7. The number of aryl methyl sites for hydroxylation is 2. The number of carbonyl (C=O) groups excluding carboxylic acids is 9. The number of rotatable bonds is 30. The fraction of sp³-hybridized carbons (Fsp3) is 0.627. The number of nitrogens with one attached hydrogen (secondary N) is 3. The number of hydrogen-bond donors (Lipinski definition) is 11. The molecule has 2 aromatic rings. The maximum atomic E-state index is 14.5. The number of ether oxygens (including phenoxy) is 2. The Labute approximate surface area is 569 Å². The Morgan fingerprint density at radius 3 is 1.99 bits per heavy atom. The number of phosphoric ester groups is 1. The molecule has 1 unspecified atom stereocenters. The van der Waals surface area contributed by atoms with Gasteiger partial charge in [-0.05, 0) is 115 Å². The second kappa shape index (κ2) is 29.0. The number of imidazole rings is 1. The molecule has 98 heavy (non-hydrogen) atoms. The first-order valence-corrected chi connectivity index (χ1v) is 34.6. The van der Waals surface area contributed by atoms with E-state index in [0.717, 1.165) is 11.1 Å². The molecule has 2 fully saturated rings. The molecule has 30 nitrogen and oxygen atoms in total. The first-order chi connectivity index (χ1) is 45.6. The Morgan fingerprint density at radius 2 is 1.39 bits per heavy atom. The van der Waals surface area contributed by atoms with Gasteiger partial charge in [0.25, 0.3) is 0 Å². The molecule has 6 aliphatic rings. The van der Waals surface area contributed by atoms with Crippen molar-refractivity contribution in [3.63, 3.8) is 0 Å².